The summed E-state index contributed by atoms with van der Waals surface area (Å²) in [4.78, 5) is 26.6. The molecule has 1 saturated carbocycles. The van der Waals surface area contributed by atoms with E-state index in [2.05, 4.69) is 19.9 Å². The molecule has 1 aliphatic rings. The van der Waals surface area contributed by atoms with Crippen LogP contribution in [-0.4, -0.2) is 37.1 Å². The van der Waals surface area contributed by atoms with Crippen molar-refractivity contribution in [3.05, 3.63) is 58.6 Å². The van der Waals surface area contributed by atoms with E-state index in [1.807, 2.05) is 0 Å². The van der Waals surface area contributed by atoms with Gasteiger partial charge in [-0.1, -0.05) is 29.3 Å². The molecule has 0 radical (unpaired) electrons. The van der Waals surface area contributed by atoms with E-state index in [0.717, 1.165) is 0 Å². The lowest BCUT2D eigenvalue weighted by atomic mass is 9.82. The number of aliphatic carboxylic acids is 1. The van der Waals surface area contributed by atoms with Crippen LogP contribution in [-0.2, 0) is 4.79 Å². The van der Waals surface area contributed by atoms with Gasteiger partial charge in [-0.2, -0.15) is 0 Å². The molecule has 7 nitrogen and oxygen atoms in total. The molecular formula is C22H15Cl2FN4O3. The van der Waals surface area contributed by atoms with E-state index in [-0.39, 0.29) is 18.0 Å². The first kappa shape index (κ1) is 20.7. The van der Waals surface area contributed by atoms with Gasteiger partial charge < -0.3 is 14.8 Å². The molecule has 5 rings (SSSR count). The van der Waals surface area contributed by atoms with Crippen molar-refractivity contribution in [3.8, 4) is 28.5 Å². The monoisotopic (exact) mass is 472 g/mol. The minimum atomic E-state index is -0.818. The van der Waals surface area contributed by atoms with Crippen LogP contribution in [0.5, 0.6) is 6.01 Å². The number of H-pyrrole nitrogens is 1. The molecule has 162 valence electrons. The molecule has 2 heterocycles. The summed E-state index contributed by atoms with van der Waals surface area (Å²) in [5.41, 5.74) is 2.75. The zero-order chi connectivity index (χ0) is 22.4. The minimum absolute atomic E-state index is 0.166. The number of imidazole rings is 1. The number of aromatic nitrogens is 4. The minimum Gasteiger partial charge on any atom is -0.481 e. The van der Waals surface area contributed by atoms with E-state index in [9.17, 15) is 9.18 Å². The summed E-state index contributed by atoms with van der Waals surface area (Å²) in [5.74, 6) is -1.29. The molecule has 0 atom stereocenters. The van der Waals surface area contributed by atoms with Crippen molar-refractivity contribution in [2.75, 3.05) is 0 Å². The Labute approximate surface area is 191 Å². The molecule has 2 aromatic carbocycles. The largest absolute Gasteiger partial charge is 0.481 e. The highest BCUT2D eigenvalue weighted by atomic mass is 35.5. The summed E-state index contributed by atoms with van der Waals surface area (Å²) in [6.45, 7) is 0. The Hall–Kier alpha value is -3.23. The second kappa shape index (κ2) is 8.03. The van der Waals surface area contributed by atoms with Crippen LogP contribution < -0.4 is 4.74 Å². The van der Waals surface area contributed by atoms with E-state index in [0.29, 0.717) is 56.4 Å². The van der Waals surface area contributed by atoms with Gasteiger partial charge in [0.2, 0.25) is 0 Å². The molecular weight excluding hydrogens is 458 g/mol. The molecule has 0 bridgehead atoms. The van der Waals surface area contributed by atoms with E-state index < -0.39 is 11.8 Å². The Morgan fingerprint density at radius 2 is 1.81 bits per heavy atom. The fourth-order valence-electron chi connectivity index (χ4n) is 3.56. The van der Waals surface area contributed by atoms with E-state index in [1.165, 1.54) is 18.5 Å². The molecule has 0 saturated heterocycles. The summed E-state index contributed by atoms with van der Waals surface area (Å²) in [6.07, 6.45) is 3.75. The molecule has 0 amide bonds. The van der Waals surface area contributed by atoms with Crippen LogP contribution >= 0.6 is 23.2 Å². The second-order valence-electron chi connectivity index (χ2n) is 7.56. The van der Waals surface area contributed by atoms with Crippen LogP contribution in [0.25, 0.3) is 33.5 Å². The van der Waals surface area contributed by atoms with Crippen LogP contribution in [0, 0.1) is 11.7 Å². The van der Waals surface area contributed by atoms with Gasteiger partial charge >= 0.3 is 12.0 Å². The number of hydrogen-bond acceptors (Lipinski definition) is 5. The fraction of sp³-hybridized carbons (Fsp3) is 0.182. The van der Waals surface area contributed by atoms with Crippen molar-refractivity contribution in [1.29, 1.82) is 0 Å². The summed E-state index contributed by atoms with van der Waals surface area (Å²) < 4.78 is 20.5. The van der Waals surface area contributed by atoms with Crippen molar-refractivity contribution in [2.24, 2.45) is 5.92 Å². The lowest BCUT2D eigenvalue weighted by Crippen LogP contribution is -2.38. The lowest BCUT2D eigenvalue weighted by molar-refractivity contribution is -0.148. The average Bonchev–Trinajstić information content (AvgIpc) is 3.13. The third kappa shape index (κ3) is 3.87. The number of carboxylic acid groups (broad SMARTS) is 1. The third-order valence-electron chi connectivity index (χ3n) is 5.43. The van der Waals surface area contributed by atoms with Gasteiger partial charge in [-0.15, -0.1) is 0 Å². The van der Waals surface area contributed by atoms with E-state index >= 15 is 0 Å². The van der Waals surface area contributed by atoms with Gasteiger partial charge in [-0.3, -0.25) is 4.79 Å². The molecule has 32 heavy (non-hydrogen) atoms. The van der Waals surface area contributed by atoms with Crippen LogP contribution in [0.3, 0.4) is 0 Å². The van der Waals surface area contributed by atoms with Gasteiger partial charge in [0.15, 0.2) is 0 Å². The van der Waals surface area contributed by atoms with Gasteiger partial charge in [0.25, 0.3) is 0 Å². The van der Waals surface area contributed by atoms with Crippen LogP contribution in [0.2, 0.25) is 10.0 Å². The molecule has 0 unspecified atom stereocenters. The van der Waals surface area contributed by atoms with Crippen molar-refractivity contribution in [3.63, 3.8) is 0 Å². The zero-order valence-corrected chi connectivity index (χ0v) is 17.9. The van der Waals surface area contributed by atoms with Crippen molar-refractivity contribution in [1.82, 2.24) is 19.9 Å². The van der Waals surface area contributed by atoms with Gasteiger partial charge in [0, 0.05) is 18.0 Å². The zero-order valence-electron chi connectivity index (χ0n) is 16.3. The standard InChI is InChI=1S/C22H15Cl2FN4O3/c23-15-6-18-19(7-16(15)24)29-20(28-18)14-2-1-10(5-17(14)25)12-8-26-22(27-9-12)32-13-3-11(4-13)21(30)31/h1-2,5-9,11,13H,3-4H2,(H,28,29)(H,30,31). The maximum absolute atomic E-state index is 14.9. The molecule has 0 spiro atoms. The molecule has 1 fully saturated rings. The predicted molar refractivity (Wildman–Crippen MR) is 117 cm³/mol. The Morgan fingerprint density at radius 3 is 2.50 bits per heavy atom. The summed E-state index contributed by atoms with van der Waals surface area (Å²) >= 11 is 12.1. The number of halogens is 3. The Balaban J connectivity index is 1.34. The summed E-state index contributed by atoms with van der Waals surface area (Å²) in [7, 11) is 0. The van der Waals surface area contributed by atoms with Crippen molar-refractivity contribution < 1.29 is 19.0 Å². The molecule has 4 aromatic rings. The fourth-order valence-corrected chi connectivity index (χ4v) is 3.88. The number of benzene rings is 2. The number of nitrogens with one attached hydrogen (secondary N) is 1. The van der Waals surface area contributed by atoms with Crippen LogP contribution in [0.1, 0.15) is 12.8 Å². The van der Waals surface area contributed by atoms with Gasteiger partial charge in [0.05, 0.1) is 32.6 Å². The van der Waals surface area contributed by atoms with Crippen LogP contribution in [0.15, 0.2) is 42.7 Å². The normalized spacial score (nSPS) is 17.8. The first-order valence-electron chi connectivity index (χ1n) is 9.74. The van der Waals surface area contributed by atoms with Gasteiger partial charge in [0.1, 0.15) is 17.7 Å². The van der Waals surface area contributed by atoms with Gasteiger partial charge in [-0.05, 0) is 42.7 Å². The molecule has 2 aromatic heterocycles. The van der Waals surface area contributed by atoms with Crippen LogP contribution in [0.4, 0.5) is 4.39 Å². The van der Waals surface area contributed by atoms with E-state index in [1.54, 1.807) is 24.3 Å². The van der Waals surface area contributed by atoms with E-state index in [4.69, 9.17) is 33.0 Å². The maximum atomic E-state index is 14.9. The molecule has 2 N–H and O–H groups in total. The van der Waals surface area contributed by atoms with Crippen molar-refractivity contribution >= 4 is 40.2 Å². The average molecular weight is 473 g/mol. The third-order valence-corrected chi connectivity index (χ3v) is 6.15. The number of carboxylic acids is 1. The Kier molecular flexibility index (Phi) is 5.19. The second-order valence-corrected chi connectivity index (χ2v) is 8.38. The summed E-state index contributed by atoms with van der Waals surface area (Å²) in [6, 6.07) is 8.18. The SMILES string of the molecule is O=C(O)C1CC(Oc2ncc(-c3ccc(-c4nc5cc(Cl)c(Cl)cc5[nH]4)c(F)c3)cn2)C1. The maximum Gasteiger partial charge on any atom is 0.316 e. The Morgan fingerprint density at radius 1 is 1.09 bits per heavy atom. The van der Waals surface area contributed by atoms with Crippen molar-refractivity contribution in [2.45, 2.75) is 18.9 Å². The number of nitrogens with zero attached hydrogens (tertiary/aromatic N) is 3. The van der Waals surface area contributed by atoms with Gasteiger partial charge in [-0.25, -0.2) is 19.3 Å². The predicted octanol–water partition coefficient (Wildman–Crippen LogP) is 5.37. The highest BCUT2D eigenvalue weighted by Gasteiger charge is 2.36. The molecule has 0 aliphatic heterocycles. The quantitative estimate of drug-likeness (QED) is 0.404. The highest BCUT2D eigenvalue weighted by molar-refractivity contribution is 6.42. The number of rotatable bonds is 5. The first-order valence-corrected chi connectivity index (χ1v) is 10.5. The molecule has 1 aliphatic carbocycles. The Bertz CT molecular complexity index is 1300. The number of aromatic amines is 1. The number of carbonyl (C=O) groups is 1. The summed E-state index contributed by atoms with van der Waals surface area (Å²) in [5, 5.41) is 9.68. The smallest absolute Gasteiger partial charge is 0.316 e. The number of fused-ring (bicyclic) bond motifs is 1. The number of ether oxygens (including phenoxy) is 1. The first-order chi connectivity index (χ1) is 15.4. The topological polar surface area (TPSA) is 101 Å². The molecule has 10 heteroatoms. The number of hydrogen-bond donors (Lipinski definition) is 2. The lowest BCUT2D eigenvalue weighted by Gasteiger charge is -2.31. The highest BCUT2D eigenvalue weighted by Crippen LogP contribution is 2.32.